The molecule has 2 aliphatic heterocycles. The molecule has 0 aliphatic carbocycles. The number of ether oxygens (including phenoxy) is 2. The van der Waals surface area contributed by atoms with Crippen LogP contribution in [0.2, 0.25) is 10.0 Å². The van der Waals surface area contributed by atoms with Gasteiger partial charge in [-0.3, -0.25) is 0 Å². The summed E-state index contributed by atoms with van der Waals surface area (Å²) < 4.78 is 12.1. The fraction of sp³-hybridized carbons (Fsp3) is 0.400. The Bertz CT molecular complexity index is 1910. The largest absolute Gasteiger partial charge is 0.478 e. The molecule has 0 saturated carbocycles. The van der Waals surface area contributed by atoms with Crippen LogP contribution in [-0.2, 0) is 20.3 Å². The Kier molecular flexibility index (Phi) is 13.6. The minimum atomic E-state index is -0.947. The van der Waals surface area contributed by atoms with Crippen molar-refractivity contribution in [3.63, 3.8) is 0 Å². The van der Waals surface area contributed by atoms with Crippen LogP contribution in [-0.4, -0.2) is 70.4 Å². The first-order valence-corrected chi connectivity index (χ1v) is 20.4. The van der Waals surface area contributed by atoms with E-state index in [0.29, 0.717) is 44.0 Å². The van der Waals surface area contributed by atoms with Gasteiger partial charge in [0.1, 0.15) is 11.2 Å². The summed E-state index contributed by atoms with van der Waals surface area (Å²) >= 11 is 15.7. The van der Waals surface area contributed by atoms with E-state index in [0.717, 1.165) is 33.5 Å². The maximum atomic E-state index is 12.5. The van der Waals surface area contributed by atoms with E-state index < -0.39 is 17.2 Å². The maximum absolute atomic E-state index is 12.5. The molecule has 0 aromatic heterocycles. The number of rotatable bonds is 5. The lowest BCUT2D eigenvalue weighted by Gasteiger charge is -2.43. The second-order valence-corrected chi connectivity index (χ2v) is 18.3. The molecule has 2 saturated heterocycles. The van der Waals surface area contributed by atoms with Crippen molar-refractivity contribution >= 4 is 57.3 Å². The second-order valence-electron chi connectivity index (χ2n) is 16.5. The number of hydrogen-bond acceptors (Lipinski definition) is 5. The average Bonchev–Trinajstić information content (AvgIpc) is 3.15. The third kappa shape index (κ3) is 10.7. The van der Waals surface area contributed by atoms with Gasteiger partial charge in [0, 0.05) is 51.5 Å². The standard InChI is InChI=1S/C23H26ClNO4.C22H25BrClNO2/c1-22(2,3)29-21(28)25-14-12-23(13-15-25,18-8-10-19(24)11-9-18)17-6-4-16(5-7-17)20(26)27;1-21(2,3)27-20(26)25-14-12-22(13-15-25,16-4-8-18(23)9-5-16)17-6-10-19(24)11-7-17/h4-11H,12-15H2,1-3H3,(H,26,27);4-11H,12-15H2,1-3H3. The molecule has 0 bridgehead atoms. The van der Waals surface area contributed by atoms with Crippen molar-refractivity contribution in [3.05, 3.63) is 139 Å². The molecule has 0 atom stereocenters. The fourth-order valence-corrected chi connectivity index (χ4v) is 8.04. The molecule has 2 aliphatic rings. The molecule has 0 spiro atoms. The third-order valence-electron chi connectivity index (χ3n) is 10.4. The van der Waals surface area contributed by atoms with Gasteiger partial charge in [-0.2, -0.15) is 0 Å². The Morgan fingerprint density at radius 3 is 1.12 bits per heavy atom. The highest BCUT2D eigenvalue weighted by molar-refractivity contribution is 9.10. The zero-order valence-electron chi connectivity index (χ0n) is 32.9. The molecule has 298 valence electrons. The molecule has 56 heavy (non-hydrogen) atoms. The number of carboxylic acids is 1. The van der Waals surface area contributed by atoms with Crippen LogP contribution in [0.1, 0.15) is 99.8 Å². The SMILES string of the molecule is CC(C)(C)OC(=O)N1CCC(c2ccc(Cl)cc2)(c2ccc(Br)cc2)CC1.CC(C)(C)OC(=O)N1CCC(c2ccc(Cl)cc2)(c2ccc(C(=O)O)cc2)CC1. The van der Waals surface area contributed by atoms with Crippen LogP contribution in [0.5, 0.6) is 0 Å². The summed E-state index contributed by atoms with van der Waals surface area (Å²) in [7, 11) is 0. The smallest absolute Gasteiger partial charge is 0.410 e. The monoisotopic (exact) mass is 864 g/mol. The van der Waals surface area contributed by atoms with E-state index >= 15 is 0 Å². The Hall–Kier alpha value is -4.05. The first-order chi connectivity index (χ1) is 26.3. The van der Waals surface area contributed by atoms with Gasteiger partial charge in [-0.15, -0.1) is 0 Å². The number of aromatic carboxylic acids is 1. The molecule has 2 fully saturated rings. The van der Waals surface area contributed by atoms with Crippen molar-refractivity contribution in [2.24, 2.45) is 0 Å². The zero-order valence-corrected chi connectivity index (χ0v) is 36.0. The molecular weight excluding hydrogens is 815 g/mol. The quantitative estimate of drug-likeness (QED) is 0.215. The van der Waals surface area contributed by atoms with Crippen LogP contribution in [0.15, 0.2) is 102 Å². The maximum Gasteiger partial charge on any atom is 0.410 e. The van der Waals surface area contributed by atoms with Gasteiger partial charge in [0.25, 0.3) is 0 Å². The summed E-state index contributed by atoms with van der Waals surface area (Å²) in [6, 6.07) is 31.4. The Morgan fingerprint density at radius 2 is 0.839 bits per heavy atom. The van der Waals surface area contributed by atoms with Gasteiger partial charge in [-0.25, -0.2) is 14.4 Å². The number of likely N-dealkylation sites (tertiary alicyclic amines) is 2. The fourth-order valence-electron chi connectivity index (χ4n) is 7.52. The molecule has 4 aromatic rings. The Balaban J connectivity index is 0.000000215. The van der Waals surface area contributed by atoms with Crippen LogP contribution >= 0.6 is 39.1 Å². The predicted octanol–water partition coefficient (Wildman–Crippen LogP) is 11.8. The number of carbonyl (C=O) groups excluding carboxylic acids is 2. The topological polar surface area (TPSA) is 96.4 Å². The minimum absolute atomic E-state index is 0.135. The van der Waals surface area contributed by atoms with E-state index in [9.17, 15) is 19.5 Å². The summed E-state index contributed by atoms with van der Waals surface area (Å²) in [5.41, 5.74) is 3.43. The molecule has 11 heteroatoms. The van der Waals surface area contributed by atoms with Gasteiger partial charge in [0.15, 0.2) is 0 Å². The van der Waals surface area contributed by atoms with Crippen molar-refractivity contribution in [2.45, 2.75) is 89.3 Å². The number of nitrogens with zero attached hydrogens (tertiary/aromatic N) is 2. The number of amides is 2. The number of halogens is 3. The van der Waals surface area contributed by atoms with E-state index in [2.05, 4.69) is 52.3 Å². The first-order valence-electron chi connectivity index (χ1n) is 18.9. The predicted molar refractivity (Wildman–Crippen MR) is 226 cm³/mol. The number of carboxylic acid groups (broad SMARTS) is 1. The van der Waals surface area contributed by atoms with Gasteiger partial charge in [-0.05, 0) is 138 Å². The molecule has 0 radical (unpaired) electrons. The highest BCUT2D eigenvalue weighted by Gasteiger charge is 2.41. The summed E-state index contributed by atoms with van der Waals surface area (Å²) in [5.74, 6) is -0.947. The molecule has 2 heterocycles. The van der Waals surface area contributed by atoms with E-state index in [1.165, 1.54) is 11.1 Å². The van der Waals surface area contributed by atoms with Gasteiger partial charge in [0.05, 0.1) is 5.56 Å². The minimum Gasteiger partial charge on any atom is -0.478 e. The summed E-state index contributed by atoms with van der Waals surface area (Å²) in [6.45, 7) is 13.7. The lowest BCUT2D eigenvalue weighted by atomic mass is 9.68. The van der Waals surface area contributed by atoms with Crippen LogP contribution in [0.4, 0.5) is 9.59 Å². The van der Waals surface area contributed by atoms with E-state index in [1.807, 2.05) is 95.0 Å². The van der Waals surface area contributed by atoms with Crippen LogP contribution < -0.4 is 0 Å². The van der Waals surface area contributed by atoms with Crippen molar-refractivity contribution in [2.75, 3.05) is 26.2 Å². The molecule has 6 rings (SSSR count). The highest BCUT2D eigenvalue weighted by atomic mass is 79.9. The molecule has 1 N–H and O–H groups in total. The number of benzene rings is 4. The second kappa shape index (κ2) is 17.6. The van der Waals surface area contributed by atoms with Gasteiger partial charge in [-0.1, -0.05) is 87.7 Å². The van der Waals surface area contributed by atoms with Crippen molar-refractivity contribution in [1.82, 2.24) is 9.80 Å². The number of carbonyl (C=O) groups is 3. The van der Waals surface area contributed by atoms with Crippen LogP contribution in [0.25, 0.3) is 0 Å². The van der Waals surface area contributed by atoms with Crippen molar-refractivity contribution in [1.29, 1.82) is 0 Å². The Labute approximate surface area is 349 Å². The summed E-state index contributed by atoms with van der Waals surface area (Å²) in [4.78, 5) is 39.7. The lowest BCUT2D eigenvalue weighted by Crippen LogP contribution is -2.47. The lowest BCUT2D eigenvalue weighted by molar-refractivity contribution is 0.0169. The molecule has 4 aromatic carbocycles. The van der Waals surface area contributed by atoms with Gasteiger partial charge >= 0.3 is 18.2 Å². The summed E-state index contributed by atoms with van der Waals surface area (Å²) in [5, 5.41) is 10.6. The van der Waals surface area contributed by atoms with E-state index in [-0.39, 0.29) is 28.6 Å². The molecular formula is C45H51BrCl2N2O6. The molecule has 8 nitrogen and oxygen atoms in total. The van der Waals surface area contributed by atoms with E-state index in [4.69, 9.17) is 32.7 Å². The van der Waals surface area contributed by atoms with E-state index in [1.54, 1.807) is 17.0 Å². The van der Waals surface area contributed by atoms with Crippen LogP contribution in [0.3, 0.4) is 0 Å². The highest BCUT2D eigenvalue weighted by Crippen LogP contribution is 2.44. The number of piperidine rings is 2. The van der Waals surface area contributed by atoms with Crippen molar-refractivity contribution in [3.8, 4) is 0 Å². The normalized spacial score (nSPS) is 16.6. The zero-order chi connectivity index (χ0) is 40.9. The number of hydrogen-bond donors (Lipinski definition) is 1. The average molecular weight is 867 g/mol. The Morgan fingerprint density at radius 1 is 0.554 bits per heavy atom. The summed E-state index contributed by atoms with van der Waals surface area (Å²) in [6.07, 6.45) is 2.57. The third-order valence-corrected chi connectivity index (χ3v) is 11.4. The molecule has 0 unspecified atom stereocenters. The van der Waals surface area contributed by atoms with Gasteiger partial charge in [0.2, 0.25) is 0 Å². The first kappa shape index (κ1) is 43.1. The molecule has 2 amide bonds. The van der Waals surface area contributed by atoms with Gasteiger partial charge < -0.3 is 24.4 Å². The van der Waals surface area contributed by atoms with Crippen LogP contribution in [0, 0.1) is 0 Å². The van der Waals surface area contributed by atoms with Crippen molar-refractivity contribution < 1.29 is 29.0 Å².